The Morgan fingerprint density at radius 2 is 1.96 bits per heavy atom. The second-order valence-corrected chi connectivity index (χ2v) is 9.16. The quantitative estimate of drug-likeness (QED) is 0.655. The van der Waals surface area contributed by atoms with E-state index in [9.17, 15) is 9.59 Å². The third-order valence-corrected chi connectivity index (χ3v) is 6.51. The first-order chi connectivity index (χ1) is 12.5. The van der Waals surface area contributed by atoms with Crippen LogP contribution in [0.2, 0.25) is 4.34 Å². The van der Waals surface area contributed by atoms with Crippen molar-refractivity contribution >= 4 is 52.2 Å². The fraction of sp³-hybridized carbons (Fsp3) is 0.368. The van der Waals surface area contributed by atoms with E-state index in [4.69, 9.17) is 11.6 Å². The van der Waals surface area contributed by atoms with Crippen molar-refractivity contribution < 1.29 is 9.59 Å². The van der Waals surface area contributed by atoms with Gasteiger partial charge in [-0.15, -0.1) is 23.1 Å². The van der Waals surface area contributed by atoms with Crippen LogP contribution in [0.25, 0.3) is 0 Å². The van der Waals surface area contributed by atoms with Gasteiger partial charge in [0, 0.05) is 22.2 Å². The summed E-state index contributed by atoms with van der Waals surface area (Å²) < 4.78 is 0.774. The minimum atomic E-state index is -0.0764. The number of thioether (sulfide) groups is 1. The van der Waals surface area contributed by atoms with Crippen LogP contribution in [0.3, 0.4) is 0 Å². The number of nitrogens with one attached hydrogen (secondary N) is 2. The molecule has 138 valence electrons. The van der Waals surface area contributed by atoms with E-state index in [1.807, 2.05) is 43.3 Å². The van der Waals surface area contributed by atoms with E-state index < -0.39 is 0 Å². The largest absolute Gasteiger partial charge is 0.349 e. The first-order valence-corrected chi connectivity index (χ1v) is 10.9. The van der Waals surface area contributed by atoms with Crippen LogP contribution >= 0.6 is 34.7 Å². The number of benzene rings is 1. The Bertz CT molecular complexity index is 772. The molecule has 2 N–H and O–H groups in total. The van der Waals surface area contributed by atoms with Crippen LogP contribution in [-0.2, 0) is 15.3 Å². The van der Waals surface area contributed by atoms with Gasteiger partial charge >= 0.3 is 0 Å². The van der Waals surface area contributed by atoms with Crippen LogP contribution in [-0.4, -0.2) is 17.6 Å². The molecule has 0 radical (unpaired) electrons. The maximum absolute atomic E-state index is 12.1. The summed E-state index contributed by atoms with van der Waals surface area (Å²) in [5.41, 5.74) is 1.81. The Balaban J connectivity index is 1.42. The first kappa shape index (κ1) is 19.3. The van der Waals surface area contributed by atoms with Gasteiger partial charge in [-0.05, 0) is 49.6 Å². The number of thiophene rings is 1. The monoisotopic (exact) mass is 408 g/mol. The van der Waals surface area contributed by atoms with Gasteiger partial charge in [0.25, 0.3) is 0 Å². The zero-order valence-corrected chi connectivity index (χ0v) is 16.8. The number of hydrogen-bond donors (Lipinski definition) is 2. The molecule has 0 spiro atoms. The molecule has 1 unspecified atom stereocenters. The fourth-order valence-corrected chi connectivity index (χ4v) is 4.52. The highest BCUT2D eigenvalue weighted by Crippen LogP contribution is 2.30. The Hall–Kier alpha value is -1.50. The average Bonchev–Trinajstić information content (AvgIpc) is 3.38. The van der Waals surface area contributed by atoms with E-state index in [0.29, 0.717) is 5.75 Å². The van der Waals surface area contributed by atoms with Gasteiger partial charge in [0.05, 0.1) is 16.1 Å². The predicted molar refractivity (Wildman–Crippen MR) is 110 cm³/mol. The van der Waals surface area contributed by atoms with Crippen molar-refractivity contribution in [3.05, 3.63) is 51.2 Å². The smallest absolute Gasteiger partial charge is 0.230 e. The van der Waals surface area contributed by atoms with Crippen molar-refractivity contribution in [2.24, 2.45) is 5.92 Å². The highest BCUT2D eigenvalue weighted by Gasteiger charge is 2.29. The molecule has 1 saturated carbocycles. The van der Waals surface area contributed by atoms with Crippen molar-refractivity contribution in [1.82, 2.24) is 5.32 Å². The molecule has 7 heteroatoms. The summed E-state index contributed by atoms with van der Waals surface area (Å²) >= 11 is 9.02. The van der Waals surface area contributed by atoms with E-state index in [1.165, 1.54) is 4.88 Å². The van der Waals surface area contributed by atoms with Crippen LogP contribution in [0, 0.1) is 5.92 Å². The van der Waals surface area contributed by atoms with Crippen LogP contribution in [0.1, 0.15) is 36.2 Å². The number of halogens is 1. The Morgan fingerprint density at radius 3 is 2.58 bits per heavy atom. The summed E-state index contributed by atoms with van der Waals surface area (Å²) in [4.78, 5) is 25.0. The minimum absolute atomic E-state index is 0.0104. The van der Waals surface area contributed by atoms with E-state index in [1.54, 1.807) is 23.1 Å². The lowest BCUT2D eigenvalue weighted by molar-refractivity contribution is -0.119. The SMILES string of the molecule is CC(NC(=O)CSCc1ccc(Cl)s1)c1ccc(NC(=O)C2CC2)cc1. The summed E-state index contributed by atoms with van der Waals surface area (Å²) in [6.45, 7) is 1.96. The molecule has 1 aliphatic rings. The Morgan fingerprint density at radius 1 is 1.23 bits per heavy atom. The molecule has 1 fully saturated rings. The summed E-state index contributed by atoms with van der Waals surface area (Å²) in [5.74, 6) is 1.50. The molecule has 4 nitrogen and oxygen atoms in total. The normalized spacial score (nSPS) is 14.7. The van der Waals surface area contributed by atoms with Gasteiger partial charge < -0.3 is 10.6 Å². The third-order valence-electron chi connectivity index (χ3n) is 4.11. The molecular formula is C19H21ClN2O2S2. The molecule has 0 aliphatic heterocycles. The lowest BCUT2D eigenvalue weighted by Gasteiger charge is -2.15. The molecular weight excluding hydrogens is 388 g/mol. The van der Waals surface area contributed by atoms with Gasteiger partial charge in [0.2, 0.25) is 11.8 Å². The molecule has 1 heterocycles. The minimum Gasteiger partial charge on any atom is -0.349 e. The summed E-state index contributed by atoms with van der Waals surface area (Å²) in [6, 6.07) is 11.4. The number of anilines is 1. The van der Waals surface area contributed by atoms with Gasteiger partial charge in [0.1, 0.15) is 0 Å². The Kier molecular flexibility index (Phi) is 6.62. The number of amides is 2. The molecule has 26 heavy (non-hydrogen) atoms. The topological polar surface area (TPSA) is 58.2 Å². The first-order valence-electron chi connectivity index (χ1n) is 8.53. The van der Waals surface area contributed by atoms with Gasteiger partial charge in [0.15, 0.2) is 0 Å². The second-order valence-electron chi connectivity index (χ2n) is 6.37. The molecule has 1 aromatic heterocycles. The maximum Gasteiger partial charge on any atom is 0.230 e. The van der Waals surface area contributed by atoms with E-state index in [0.717, 1.165) is 34.2 Å². The standard InChI is InChI=1S/C19H21ClN2O2S2/c1-12(21-18(23)11-25-10-16-8-9-17(20)26-16)13-4-6-15(7-5-13)22-19(24)14-2-3-14/h4-9,12,14H,2-3,10-11H2,1H3,(H,21,23)(H,22,24). The van der Waals surface area contributed by atoms with Crippen molar-refractivity contribution in [2.45, 2.75) is 31.6 Å². The highest BCUT2D eigenvalue weighted by molar-refractivity contribution is 7.99. The van der Waals surface area contributed by atoms with Crippen LogP contribution in [0.15, 0.2) is 36.4 Å². The van der Waals surface area contributed by atoms with Gasteiger partial charge in [-0.2, -0.15) is 0 Å². The van der Waals surface area contributed by atoms with E-state index in [2.05, 4.69) is 10.6 Å². The molecule has 0 bridgehead atoms. The Labute approximate surface area is 166 Å². The van der Waals surface area contributed by atoms with Crippen LogP contribution in [0.5, 0.6) is 0 Å². The summed E-state index contributed by atoms with van der Waals surface area (Å²) in [6.07, 6.45) is 1.98. The van der Waals surface area contributed by atoms with Crippen LogP contribution in [0.4, 0.5) is 5.69 Å². The van der Waals surface area contributed by atoms with Crippen molar-refractivity contribution in [2.75, 3.05) is 11.1 Å². The molecule has 1 aromatic carbocycles. The highest BCUT2D eigenvalue weighted by atomic mass is 35.5. The van der Waals surface area contributed by atoms with Gasteiger partial charge in [-0.1, -0.05) is 23.7 Å². The van der Waals surface area contributed by atoms with Crippen molar-refractivity contribution in [3.63, 3.8) is 0 Å². The average molecular weight is 409 g/mol. The van der Waals surface area contributed by atoms with E-state index >= 15 is 0 Å². The summed E-state index contributed by atoms with van der Waals surface area (Å²) in [5, 5.41) is 5.92. The van der Waals surface area contributed by atoms with Crippen molar-refractivity contribution in [3.8, 4) is 0 Å². The summed E-state index contributed by atoms with van der Waals surface area (Å²) in [7, 11) is 0. The number of rotatable bonds is 8. The second kappa shape index (κ2) is 8.93. The molecule has 3 rings (SSSR count). The third kappa shape index (κ3) is 5.76. The predicted octanol–water partition coefficient (Wildman–Crippen LogP) is 4.86. The van der Waals surface area contributed by atoms with Crippen molar-refractivity contribution in [1.29, 1.82) is 0 Å². The van der Waals surface area contributed by atoms with Gasteiger partial charge in [-0.3, -0.25) is 9.59 Å². The zero-order chi connectivity index (χ0) is 18.5. The lowest BCUT2D eigenvalue weighted by Crippen LogP contribution is -2.28. The molecule has 2 amide bonds. The molecule has 1 atom stereocenters. The molecule has 0 saturated heterocycles. The fourth-order valence-electron chi connectivity index (χ4n) is 2.49. The van der Waals surface area contributed by atoms with Gasteiger partial charge in [-0.25, -0.2) is 0 Å². The lowest BCUT2D eigenvalue weighted by atomic mass is 10.1. The number of carbonyl (C=O) groups is 2. The maximum atomic E-state index is 12.1. The van der Waals surface area contributed by atoms with E-state index in [-0.39, 0.29) is 23.8 Å². The number of hydrogen-bond acceptors (Lipinski definition) is 4. The molecule has 1 aliphatic carbocycles. The zero-order valence-electron chi connectivity index (χ0n) is 14.5. The number of carbonyl (C=O) groups excluding carboxylic acids is 2. The molecule has 2 aromatic rings. The van der Waals surface area contributed by atoms with Crippen LogP contribution < -0.4 is 10.6 Å².